The zero-order valence-electron chi connectivity index (χ0n) is 10.8. The van der Waals surface area contributed by atoms with Crippen LogP contribution in [0.25, 0.3) is 0 Å². The first-order valence-electron chi connectivity index (χ1n) is 5.64. The van der Waals surface area contributed by atoms with E-state index in [1.54, 1.807) is 0 Å². The Labute approximate surface area is 78.3 Å². The molecule has 3 unspecified atom stereocenters. The Morgan fingerprint density at radius 2 is 2.33 bits per heavy atom. The molecule has 1 saturated heterocycles. The van der Waals surface area contributed by atoms with Crippen LogP contribution < -0.4 is 5.31 Å². The van der Waals surface area contributed by atoms with Crippen molar-refractivity contribution in [3.8, 4) is 0 Å². The molecule has 2 nitrogen and oxygen atoms in total. The Morgan fingerprint density at radius 1 is 1.75 bits per heavy atom. The number of hydrogen-bond donors (Lipinski definition) is 1. The molecule has 1 aliphatic rings. The number of rotatable bonds is 0. The average molecular weight is 170 g/mol. The number of hydrogen-bond acceptors (Lipinski definition) is 1. The van der Waals surface area contributed by atoms with E-state index in [0.717, 1.165) is 0 Å². The van der Waals surface area contributed by atoms with Crippen molar-refractivity contribution in [3.63, 3.8) is 0 Å². The van der Waals surface area contributed by atoms with Crippen LogP contribution in [0.5, 0.6) is 0 Å². The fraction of sp³-hybridized carbons (Fsp3) is 0.700. The van der Waals surface area contributed by atoms with Gasteiger partial charge in [0.1, 0.15) is 0 Å². The van der Waals surface area contributed by atoms with Gasteiger partial charge in [0.2, 0.25) is 5.91 Å². The number of carbonyl (C=O) groups excluding carboxylic acids is 1. The summed E-state index contributed by atoms with van der Waals surface area (Å²) in [6.07, 6.45) is -1.71. The quantitative estimate of drug-likeness (QED) is 0.592. The monoisotopic (exact) mass is 170 g/mol. The van der Waals surface area contributed by atoms with Crippen molar-refractivity contribution < 1.29 is 8.95 Å². The van der Waals surface area contributed by atoms with Crippen molar-refractivity contribution in [3.05, 3.63) is 12.3 Å². The van der Waals surface area contributed by atoms with Crippen LogP contribution in [0, 0.1) is 11.3 Å². The molecule has 0 aliphatic carbocycles. The smallest absolute Gasteiger partial charge is 0.227 e. The van der Waals surface area contributed by atoms with Crippen molar-refractivity contribution in [2.75, 3.05) is 0 Å². The topological polar surface area (TPSA) is 29.1 Å². The second-order valence-corrected chi connectivity index (χ2v) is 4.14. The van der Waals surface area contributed by atoms with Gasteiger partial charge in [0.15, 0.2) is 1.41 Å². The van der Waals surface area contributed by atoms with Gasteiger partial charge in [-0.05, 0) is 18.2 Å². The van der Waals surface area contributed by atoms with E-state index in [2.05, 4.69) is 6.58 Å². The lowest BCUT2D eigenvalue weighted by molar-refractivity contribution is -0.129. The van der Waals surface area contributed by atoms with Gasteiger partial charge in [-0.1, -0.05) is 27.4 Å². The molecule has 1 amide bonds. The SMILES string of the molecule is [2H]C1C(=C)N([2H])C(=O)C(C(C)(C)C)C1[2H]. The summed E-state index contributed by atoms with van der Waals surface area (Å²) in [6.45, 7) is 9.06. The maximum atomic E-state index is 11.8. The van der Waals surface area contributed by atoms with Gasteiger partial charge in [-0.25, -0.2) is 0 Å². The number of amides is 1. The Morgan fingerprint density at radius 3 is 2.83 bits per heavy atom. The molecule has 1 fully saturated rings. The maximum Gasteiger partial charge on any atom is 0.227 e. The summed E-state index contributed by atoms with van der Waals surface area (Å²) >= 11 is 0. The van der Waals surface area contributed by atoms with Crippen LogP contribution in [0.3, 0.4) is 0 Å². The standard InChI is InChI=1S/C10H17NO/c1-7-5-6-8(9(12)11-7)10(2,3)4/h8H,1,5-6H2,2-4H3,(H,11,12)/i5D,6D/hD. The van der Waals surface area contributed by atoms with E-state index in [0.29, 0.717) is 5.31 Å². The van der Waals surface area contributed by atoms with Crippen LogP contribution in [0.4, 0.5) is 0 Å². The normalized spacial score (nSPS) is 42.1. The van der Waals surface area contributed by atoms with Crippen LogP contribution in [-0.2, 0) is 4.79 Å². The summed E-state index contributed by atoms with van der Waals surface area (Å²) in [4.78, 5) is 11.8. The third-order valence-corrected chi connectivity index (χ3v) is 1.93. The highest BCUT2D eigenvalue weighted by molar-refractivity contribution is 5.82. The molecule has 1 heterocycles. The zero-order valence-corrected chi connectivity index (χ0v) is 7.79. The molecule has 0 saturated carbocycles. The fourth-order valence-corrected chi connectivity index (χ4v) is 1.20. The van der Waals surface area contributed by atoms with Gasteiger partial charge in [-0.2, -0.15) is 0 Å². The van der Waals surface area contributed by atoms with Crippen molar-refractivity contribution >= 4 is 5.91 Å². The number of piperidine rings is 1. The molecule has 2 heteroatoms. The summed E-state index contributed by atoms with van der Waals surface area (Å²) in [6, 6.07) is 0. The maximum absolute atomic E-state index is 11.8. The second-order valence-electron chi connectivity index (χ2n) is 4.14. The summed E-state index contributed by atoms with van der Waals surface area (Å²) in [7, 11) is 0. The highest BCUT2D eigenvalue weighted by Gasteiger charge is 2.33. The molecule has 0 spiro atoms. The largest absolute Gasteiger partial charge is 0.330 e. The van der Waals surface area contributed by atoms with Crippen molar-refractivity contribution in [1.29, 1.82) is 0 Å². The molecule has 0 radical (unpaired) electrons. The Bertz CT molecular complexity index is 298. The van der Waals surface area contributed by atoms with Crippen molar-refractivity contribution in [2.45, 2.75) is 33.6 Å². The number of nitrogens with one attached hydrogen (secondary N) is 1. The van der Waals surface area contributed by atoms with E-state index in [1.807, 2.05) is 20.8 Å². The third kappa shape index (κ3) is 1.87. The molecule has 0 aromatic rings. The first kappa shape index (κ1) is 5.79. The highest BCUT2D eigenvalue weighted by Crippen LogP contribution is 2.33. The lowest BCUT2D eigenvalue weighted by Crippen LogP contribution is -2.41. The summed E-state index contributed by atoms with van der Waals surface area (Å²) in [5.74, 6) is -1.03. The molecule has 68 valence electrons. The molecule has 0 aromatic heterocycles. The third-order valence-electron chi connectivity index (χ3n) is 1.93. The molecular weight excluding hydrogens is 150 g/mol. The molecule has 1 aliphatic heterocycles. The van der Waals surface area contributed by atoms with E-state index >= 15 is 0 Å². The van der Waals surface area contributed by atoms with Gasteiger partial charge < -0.3 is 5.31 Å². The first-order valence-corrected chi connectivity index (χ1v) is 4.04. The fourth-order valence-electron chi connectivity index (χ4n) is 1.20. The molecule has 0 bridgehead atoms. The van der Waals surface area contributed by atoms with E-state index in [4.69, 9.17) is 4.15 Å². The lowest BCUT2D eigenvalue weighted by Gasteiger charge is -2.33. The van der Waals surface area contributed by atoms with Gasteiger partial charge in [0.25, 0.3) is 0 Å². The van der Waals surface area contributed by atoms with Gasteiger partial charge in [0.05, 0.1) is 0 Å². The minimum Gasteiger partial charge on any atom is -0.330 e. The molecule has 0 aromatic carbocycles. The number of allylic oxidation sites excluding steroid dienone is 1. The van der Waals surface area contributed by atoms with Gasteiger partial charge in [-0.15, -0.1) is 0 Å². The Balaban J connectivity index is 3.08. The number of carbonyl (C=O) groups is 1. The predicted molar refractivity (Wildman–Crippen MR) is 49.5 cm³/mol. The zero-order chi connectivity index (χ0) is 12.0. The van der Waals surface area contributed by atoms with Gasteiger partial charge in [0, 0.05) is 14.4 Å². The minimum atomic E-state index is -0.885. The predicted octanol–water partition coefficient (Wildman–Crippen LogP) is 2.07. The summed E-state index contributed by atoms with van der Waals surface area (Å²) in [5, 5.41) is 0.679. The molecule has 12 heavy (non-hydrogen) atoms. The van der Waals surface area contributed by atoms with E-state index in [9.17, 15) is 4.79 Å². The average Bonchev–Trinajstić information content (AvgIpc) is 2.09. The Hall–Kier alpha value is -0.790. The van der Waals surface area contributed by atoms with Crippen molar-refractivity contribution in [1.82, 2.24) is 5.31 Å². The van der Waals surface area contributed by atoms with Crippen molar-refractivity contribution in [2.24, 2.45) is 11.3 Å². The molecule has 1 rings (SSSR count). The molecular formula is C10H17NO. The molecule has 1 N–H and O–H groups in total. The van der Waals surface area contributed by atoms with Gasteiger partial charge >= 0.3 is 0 Å². The summed E-state index contributed by atoms with van der Waals surface area (Å²) < 4.78 is 23.1. The van der Waals surface area contributed by atoms with Crippen LogP contribution in [0.1, 0.15) is 36.3 Å². The highest BCUT2D eigenvalue weighted by atomic mass is 16.2. The first-order chi connectivity index (χ1) is 6.68. The van der Waals surface area contributed by atoms with Crippen LogP contribution >= 0.6 is 0 Å². The Kier molecular flexibility index (Phi) is 1.41. The van der Waals surface area contributed by atoms with E-state index < -0.39 is 30.0 Å². The summed E-state index contributed by atoms with van der Waals surface area (Å²) in [5.41, 5.74) is -0.302. The molecule has 3 atom stereocenters. The lowest BCUT2D eigenvalue weighted by atomic mass is 9.76. The van der Waals surface area contributed by atoms with Crippen LogP contribution in [0.15, 0.2) is 12.3 Å². The van der Waals surface area contributed by atoms with E-state index in [-0.39, 0.29) is 5.70 Å². The van der Waals surface area contributed by atoms with Crippen LogP contribution in [0.2, 0.25) is 1.41 Å². The minimum absolute atomic E-state index is 0.0977. The van der Waals surface area contributed by atoms with Gasteiger partial charge in [-0.3, -0.25) is 4.79 Å². The second kappa shape index (κ2) is 2.92. The van der Waals surface area contributed by atoms with Crippen LogP contribution in [-0.4, -0.2) is 5.91 Å². The van der Waals surface area contributed by atoms with E-state index in [1.165, 1.54) is 0 Å².